The molecule has 0 unspecified atom stereocenters. The van der Waals surface area contributed by atoms with Crippen LogP contribution in [0.2, 0.25) is 0 Å². The molecule has 0 saturated carbocycles. The number of imidazole rings is 1. The van der Waals surface area contributed by atoms with Crippen LogP contribution in [0.5, 0.6) is 0 Å². The molecule has 3 heterocycles. The molecule has 0 aliphatic heterocycles. The topological polar surface area (TPSA) is 69.4 Å². The van der Waals surface area contributed by atoms with Gasteiger partial charge in [-0.1, -0.05) is 0 Å². The highest BCUT2D eigenvalue weighted by atomic mass is 16.5. The first-order valence-corrected chi connectivity index (χ1v) is 7.06. The van der Waals surface area contributed by atoms with Crippen LogP contribution >= 0.6 is 0 Å². The van der Waals surface area contributed by atoms with Gasteiger partial charge in [0.1, 0.15) is 5.69 Å². The maximum absolute atomic E-state index is 12.4. The number of nitrogens with zero attached hydrogens (tertiary/aromatic N) is 4. The summed E-state index contributed by atoms with van der Waals surface area (Å²) in [7, 11) is 0. The van der Waals surface area contributed by atoms with Crippen LogP contribution in [0.1, 0.15) is 28.8 Å². The van der Waals surface area contributed by atoms with Crippen LogP contribution in [-0.4, -0.2) is 32.2 Å². The van der Waals surface area contributed by atoms with Gasteiger partial charge in [-0.15, -0.1) is 0 Å². The van der Waals surface area contributed by atoms with E-state index in [1.54, 1.807) is 17.6 Å². The normalized spacial score (nSPS) is 10.9. The van der Waals surface area contributed by atoms with Gasteiger partial charge in [0.25, 0.3) is 0 Å². The summed E-state index contributed by atoms with van der Waals surface area (Å²) in [6.07, 6.45) is 1.70. The highest BCUT2D eigenvalue weighted by Crippen LogP contribution is 2.25. The number of hydrogen-bond donors (Lipinski definition) is 0. The van der Waals surface area contributed by atoms with E-state index >= 15 is 0 Å². The van der Waals surface area contributed by atoms with Crippen LogP contribution in [0.25, 0.3) is 16.9 Å². The maximum Gasteiger partial charge on any atom is 0.359 e. The van der Waals surface area contributed by atoms with Crippen LogP contribution in [0.3, 0.4) is 0 Å². The molecule has 3 rings (SSSR count). The van der Waals surface area contributed by atoms with Crippen molar-refractivity contribution in [3.8, 4) is 11.3 Å². The fraction of sp³-hybridized carbons (Fsp3) is 0.250. The van der Waals surface area contributed by atoms with E-state index in [1.807, 2.05) is 38.1 Å². The Hall–Kier alpha value is -2.76. The molecule has 0 atom stereocenters. The molecule has 6 heteroatoms. The van der Waals surface area contributed by atoms with Crippen LogP contribution in [-0.2, 0) is 4.74 Å². The van der Waals surface area contributed by atoms with Gasteiger partial charge in [0.15, 0.2) is 11.3 Å². The predicted octanol–water partition coefficient (Wildman–Crippen LogP) is 2.58. The summed E-state index contributed by atoms with van der Waals surface area (Å²) in [4.78, 5) is 21.1. The Morgan fingerprint density at radius 3 is 2.77 bits per heavy atom. The predicted molar refractivity (Wildman–Crippen MR) is 81.6 cm³/mol. The monoisotopic (exact) mass is 296 g/mol. The molecule has 0 fully saturated rings. The minimum absolute atomic E-state index is 0.298. The quantitative estimate of drug-likeness (QED) is 0.695. The van der Waals surface area contributed by atoms with E-state index < -0.39 is 5.97 Å². The average Bonchev–Trinajstić information content (AvgIpc) is 2.86. The lowest BCUT2D eigenvalue weighted by Crippen LogP contribution is -2.11. The standard InChI is InChI=1S/C16H16N4O2/c1-4-22-16(21)15-14(12-7-8-17-11(3)9-12)18-13-6-5-10(2)19-20(13)15/h5-9H,4H2,1-3H3. The maximum atomic E-state index is 12.4. The van der Waals surface area contributed by atoms with Crippen molar-refractivity contribution in [3.63, 3.8) is 0 Å². The van der Waals surface area contributed by atoms with Crippen LogP contribution in [0.15, 0.2) is 30.5 Å². The Labute approximate surface area is 127 Å². The SMILES string of the molecule is CCOC(=O)c1c(-c2ccnc(C)c2)nc2ccc(C)nn12. The van der Waals surface area contributed by atoms with Crippen molar-refractivity contribution >= 4 is 11.6 Å². The van der Waals surface area contributed by atoms with Crippen molar-refractivity contribution in [1.82, 2.24) is 19.6 Å². The van der Waals surface area contributed by atoms with Crippen molar-refractivity contribution in [3.05, 3.63) is 47.5 Å². The number of carbonyl (C=O) groups excluding carboxylic acids is 1. The molecule has 22 heavy (non-hydrogen) atoms. The van der Waals surface area contributed by atoms with Crippen molar-refractivity contribution in [1.29, 1.82) is 0 Å². The Morgan fingerprint density at radius 1 is 1.23 bits per heavy atom. The highest BCUT2D eigenvalue weighted by Gasteiger charge is 2.22. The highest BCUT2D eigenvalue weighted by molar-refractivity contribution is 5.95. The Balaban J connectivity index is 2.29. The first-order valence-electron chi connectivity index (χ1n) is 7.06. The second-order valence-corrected chi connectivity index (χ2v) is 4.96. The molecule has 0 N–H and O–H groups in total. The molecule has 0 aliphatic rings. The van der Waals surface area contributed by atoms with E-state index in [1.165, 1.54) is 0 Å². The van der Waals surface area contributed by atoms with Gasteiger partial charge in [-0.05, 0) is 45.0 Å². The summed E-state index contributed by atoms with van der Waals surface area (Å²) >= 11 is 0. The first kappa shape index (κ1) is 14.2. The zero-order chi connectivity index (χ0) is 15.7. The number of aryl methyl sites for hydroxylation is 2. The molecule has 0 radical (unpaired) electrons. The lowest BCUT2D eigenvalue weighted by Gasteiger charge is -2.05. The number of esters is 1. The second-order valence-electron chi connectivity index (χ2n) is 4.96. The van der Waals surface area contributed by atoms with Gasteiger partial charge < -0.3 is 4.74 Å². The molecule has 3 aromatic heterocycles. The Morgan fingerprint density at radius 2 is 2.05 bits per heavy atom. The Kier molecular flexibility index (Phi) is 3.58. The average molecular weight is 296 g/mol. The summed E-state index contributed by atoms with van der Waals surface area (Å²) in [5.74, 6) is -0.433. The van der Waals surface area contributed by atoms with Gasteiger partial charge in [-0.25, -0.2) is 14.3 Å². The number of aromatic nitrogens is 4. The molecule has 0 aliphatic carbocycles. The van der Waals surface area contributed by atoms with Crippen molar-refractivity contribution in [2.75, 3.05) is 6.61 Å². The minimum Gasteiger partial charge on any atom is -0.461 e. The molecule has 112 valence electrons. The number of hydrogen-bond acceptors (Lipinski definition) is 5. The molecular weight excluding hydrogens is 280 g/mol. The van der Waals surface area contributed by atoms with E-state index in [4.69, 9.17) is 4.74 Å². The van der Waals surface area contributed by atoms with E-state index in [0.717, 1.165) is 17.0 Å². The summed E-state index contributed by atoms with van der Waals surface area (Å²) in [6, 6.07) is 7.41. The summed E-state index contributed by atoms with van der Waals surface area (Å²) in [6.45, 7) is 5.83. The Bertz CT molecular complexity index is 854. The van der Waals surface area contributed by atoms with E-state index in [2.05, 4.69) is 15.1 Å². The molecule has 0 bridgehead atoms. The second kappa shape index (κ2) is 5.55. The van der Waals surface area contributed by atoms with Crippen molar-refractivity contribution in [2.24, 2.45) is 0 Å². The summed E-state index contributed by atoms with van der Waals surface area (Å²) in [5.41, 5.74) is 3.98. The summed E-state index contributed by atoms with van der Waals surface area (Å²) < 4.78 is 6.71. The lowest BCUT2D eigenvalue weighted by atomic mass is 10.1. The lowest BCUT2D eigenvalue weighted by molar-refractivity contribution is 0.0517. The zero-order valence-corrected chi connectivity index (χ0v) is 12.7. The molecule has 0 spiro atoms. The minimum atomic E-state index is -0.433. The third-order valence-corrected chi connectivity index (χ3v) is 3.25. The number of carbonyl (C=O) groups is 1. The number of fused-ring (bicyclic) bond motifs is 1. The first-order chi connectivity index (χ1) is 10.6. The molecule has 0 amide bonds. The van der Waals surface area contributed by atoms with Gasteiger partial charge >= 0.3 is 5.97 Å². The molecule has 0 aromatic carbocycles. The molecule has 0 saturated heterocycles. The summed E-state index contributed by atoms with van der Waals surface area (Å²) in [5, 5.41) is 4.39. The molecular formula is C16H16N4O2. The van der Waals surface area contributed by atoms with Gasteiger partial charge in [-0.3, -0.25) is 4.98 Å². The van der Waals surface area contributed by atoms with Gasteiger partial charge in [0.05, 0.1) is 12.3 Å². The molecule has 3 aromatic rings. The number of ether oxygens (including phenoxy) is 1. The van der Waals surface area contributed by atoms with Crippen LogP contribution < -0.4 is 0 Å². The van der Waals surface area contributed by atoms with Crippen LogP contribution in [0, 0.1) is 13.8 Å². The van der Waals surface area contributed by atoms with Gasteiger partial charge in [0.2, 0.25) is 0 Å². The van der Waals surface area contributed by atoms with E-state index in [0.29, 0.717) is 23.6 Å². The van der Waals surface area contributed by atoms with E-state index in [9.17, 15) is 4.79 Å². The molecule has 6 nitrogen and oxygen atoms in total. The van der Waals surface area contributed by atoms with E-state index in [-0.39, 0.29) is 0 Å². The smallest absolute Gasteiger partial charge is 0.359 e. The van der Waals surface area contributed by atoms with Gasteiger partial charge in [-0.2, -0.15) is 5.10 Å². The van der Waals surface area contributed by atoms with Gasteiger partial charge in [0, 0.05) is 17.5 Å². The number of pyridine rings is 1. The van der Waals surface area contributed by atoms with Crippen molar-refractivity contribution in [2.45, 2.75) is 20.8 Å². The zero-order valence-electron chi connectivity index (χ0n) is 12.7. The van der Waals surface area contributed by atoms with Crippen molar-refractivity contribution < 1.29 is 9.53 Å². The third-order valence-electron chi connectivity index (χ3n) is 3.25. The fourth-order valence-corrected chi connectivity index (χ4v) is 2.30. The third kappa shape index (κ3) is 2.43. The largest absolute Gasteiger partial charge is 0.461 e. The van der Waals surface area contributed by atoms with Crippen LogP contribution in [0.4, 0.5) is 0 Å². The number of rotatable bonds is 3. The fourth-order valence-electron chi connectivity index (χ4n) is 2.30.